The van der Waals surface area contributed by atoms with Gasteiger partial charge in [0.1, 0.15) is 0 Å². The van der Waals surface area contributed by atoms with Gasteiger partial charge in [-0.1, -0.05) is 272 Å². The summed E-state index contributed by atoms with van der Waals surface area (Å²) in [6.07, 6.45) is 61.0. The van der Waals surface area contributed by atoms with Gasteiger partial charge in [0.25, 0.3) is 0 Å². The minimum atomic E-state index is -0.0615. The Hall–Kier alpha value is -2.20. The molecule has 2 unspecified atom stereocenters. The molecule has 0 fully saturated rings. The van der Waals surface area contributed by atoms with Crippen LogP contribution in [-0.2, 0) is 28.7 Å². The summed E-state index contributed by atoms with van der Waals surface area (Å²) in [6.45, 7) is 14.8. The van der Waals surface area contributed by atoms with E-state index < -0.39 is 0 Å². The summed E-state index contributed by atoms with van der Waals surface area (Å²) in [5.41, 5.74) is 0. The minimum Gasteiger partial charge on any atom is -0.465 e. The van der Waals surface area contributed by atoms with Gasteiger partial charge in [-0.15, -0.1) is 0 Å². The van der Waals surface area contributed by atoms with Crippen LogP contribution in [0.4, 0.5) is 0 Å². The van der Waals surface area contributed by atoms with Gasteiger partial charge in [0.2, 0.25) is 11.8 Å². The maximum atomic E-state index is 12.7. The van der Waals surface area contributed by atoms with Gasteiger partial charge in [0.05, 0.1) is 13.2 Å². The van der Waals surface area contributed by atoms with E-state index in [1.165, 1.54) is 257 Å². The molecule has 2 atom stereocenters. The normalized spacial score (nSPS) is 12.3. The third-order valence-electron chi connectivity index (χ3n) is 17.1. The number of rotatable bonds is 66. The molecule has 81 heavy (non-hydrogen) atoms. The minimum absolute atomic E-state index is 0.0615. The van der Waals surface area contributed by atoms with E-state index in [1.54, 1.807) is 0 Å². The number of carbonyl (C=O) groups excluding carboxylic acids is 4. The Morgan fingerprint density at radius 1 is 0.296 bits per heavy atom. The number of esters is 2. The topological polar surface area (TPSA) is 117 Å². The second-order valence-corrected chi connectivity index (χ2v) is 25.3. The number of hydrogen-bond acceptors (Lipinski definition) is 8. The first-order valence-electron chi connectivity index (χ1n) is 35.9. The zero-order valence-corrected chi connectivity index (χ0v) is 55.2. The highest BCUT2D eigenvalue weighted by molar-refractivity contribution is 5.76. The zero-order chi connectivity index (χ0) is 59.2. The molecule has 0 rings (SSSR count). The molecule has 0 aliphatic carbocycles. The molecule has 0 saturated carbocycles. The quantitative estimate of drug-likeness (QED) is 0.0457. The van der Waals surface area contributed by atoms with E-state index in [0.717, 1.165) is 58.0 Å². The number of ether oxygens (including phenoxy) is 2. The van der Waals surface area contributed by atoms with E-state index in [0.29, 0.717) is 76.9 Å². The second-order valence-electron chi connectivity index (χ2n) is 25.3. The molecule has 0 heterocycles. The van der Waals surface area contributed by atoms with Gasteiger partial charge in [-0.05, 0) is 96.8 Å². The summed E-state index contributed by atoms with van der Waals surface area (Å²) in [5.74, 6) is 1.01. The van der Waals surface area contributed by atoms with Crippen LogP contribution in [0.15, 0.2) is 0 Å². The summed E-state index contributed by atoms with van der Waals surface area (Å²) in [7, 11) is 4.13. The number of nitrogens with zero attached hydrogens (tertiary/aromatic N) is 2. The van der Waals surface area contributed by atoms with E-state index >= 15 is 0 Å². The lowest BCUT2D eigenvalue weighted by Crippen LogP contribution is -2.32. The van der Waals surface area contributed by atoms with Crippen molar-refractivity contribution in [3.05, 3.63) is 0 Å². The third kappa shape index (κ3) is 60.7. The van der Waals surface area contributed by atoms with Gasteiger partial charge in [-0.2, -0.15) is 0 Å². The molecule has 0 spiro atoms. The van der Waals surface area contributed by atoms with Crippen molar-refractivity contribution in [3.8, 4) is 0 Å². The molecular formula is C71H140N4O6. The number of carbonyl (C=O) groups is 4. The monoisotopic (exact) mass is 1150 g/mol. The third-order valence-corrected chi connectivity index (χ3v) is 17.1. The lowest BCUT2D eigenvalue weighted by Gasteiger charge is -2.20. The van der Waals surface area contributed by atoms with Crippen LogP contribution < -0.4 is 10.6 Å². The average molecular weight is 1150 g/mol. The number of unbranched alkanes of at least 4 members (excludes halogenated alkanes) is 36. The van der Waals surface area contributed by atoms with Crippen molar-refractivity contribution in [1.82, 2.24) is 20.4 Å². The molecule has 0 bridgehead atoms. The largest absolute Gasteiger partial charge is 0.465 e. The van der Waals surface area contributed by atoms with Crippen LogP contribution in [0.1, 0.15) is 355 Å². The Labute approximate surface area is 504 Å². The fourth-order valence-electron chi connectivity index (χ4n) is 11.4. The average Bonchev–Trinajstić information content (AvgIpc) is 3.46. The smallest absolute Gasteiger partial charge is 0.305 e. The Morgan fingerprint density at radius 2 is 0.543 bits per heavy atom. The second kappa shape index (κ2) is 63.8. The van der Waals surface area contributed by atoms with Crippen LogP contribution in [0.5, 0.6) is 0 Å². The van der Waals surface area contributed by atoms with Crippen molar-refractivity contribution in [2.24, 2.45) is 11.8 Å². The standard InChI is InChI=1S/C71H140N4O6/c1-7-11-15-19-23-27-29-33-37-43-52-66(50-41-35-31-25-21-17-13-9-3)64-80-70(78)54-45-39-47-58-72-68(76)56-62-74(5)60-49-61-75(6)63-57-69(77)73-59-48-40-46-55-71(79)81-65-67(51-42-36-32-26-22-18-14-10-4)53-44-38-34-30-28-24-20-16-12-8-2/h66-67H,7-65H2,1-6H3,(H,72,76)(H,73,77). The van der Waals surface area contributed by atoms with Crippen LogP contribution >= 0.6 is 0 Å². The highest BCUT2D eigenvalue weighted by Crippen LogP contribution is 2.23. The van der Waals surface area contributed by atoms with Crippen molar-refractivity contribution in [2.75, 3.05) is 66.6 Å². The van der Waals surface area contributed by atoms with Crippen LogP contribution in [0.2, 0.25) is 0 Å². The number of amides is 2. The Bertz CT molecular complexity index is 1250. The van der Waals surface area contributed by atoms with Gasteiger partial charge in [0.15, 0.2) is 0 Å². The van der Waals surface area contributed by atoms with Gasteiger partial charge < -0.3 is 29.9 Å². The molecule has 0 aromatic heterocycles. The predicted octanol–water partition coefficient (Wildman–Crippen LogP) is 19.4. The SMILES string of the molecule is CCCCCCCCCCCCC(CCCCCCCCCC)COC(=O)CCCCCNC(=O)CCN(C)CCCN(C)CCC(=O)NCCCCCC(=O)OCC(CCCCCCCCCC)CCCCCCCCCCCC. The Balaban J connectivity index is 4.15. The van der Waals surface area contributed by atoms with E-state index in [2.05, 4.69) is 62.2 Å². The van der Waals surface area contributed by atoms with Crippen molar-refractivity contribution in [1.29, 1.82) is 0 Å². The molecule has 480 valence electrons. The molecule has 0 aliphatic heterocycles. The summed E-state index contributed by atoms with van der Waals surface area (Å²) >= 11 is 0. The van der Waals surface area contributed by atoms with E-state index in [4.69, 9.17) is 9.47 Å². The van der Waals surface area contributed by atoms with E-state index in [1.807, 2.05) is 0 Å². The van der Waals surface area contributed by atoms with Gasteiger partial charge in [-0.25, -0.2) is 0 Å². The van der Waals surface area contributed by atoms with Crippen molar-refractivity contribution in [3.63, 3.8) is 0 Å². The summed E-state index contributed by atoms with van der Waals surface area (Å²) in [6, 6.07) is 0. The van der Waals surface area contributed by atoms with E-state index in [9.17, 15) is 19.2 Å². The number of hydrogen-bond donors (Lipinski definition) is 2. The molecule has 0 aliphatic rings. The maximum Gasteiger partial charge on any atom is 0.305 e. The fraction of sp³-hybridized carbons (Fsp3) is 0.944. The summed E-state index contributed by atoms with van der Waals surface area (Å²) < 4.78 is 11.7. The van der Waals surface area contributed by atoms with Gasteiger partial charge in [-0.3, -0.25) is 19.2 Å². The summed E-state index contributed by atoms with van der Waals surface area (Å²) in [4.78, 5) is 55.0. The first kappa shape index (κ1) is 78.8. The molecule has 2 amide bonds. The van der Waals surface area contributed by atoms with Crippen LogP contribution in [0.3, 0.4) is 0 Å². The van der Waals surface area contributed by atoms with Crippen LogP contribution in [0.25, 0.3) is 0 Å². The maximum absolute atomic E-state index is 12.7. The fourth-order valence-corrected chi connectivity index (χ4v) is 11.4. The molecule has 10 heteroatoms. The van der Waals surface area contributed by atoms with Gasteiger partial charge >= 0.3 is 11.9 Å². The van der Waals surface area contributed by atoms with Crippen LogP contribution in [-0.4, -0.2) is 100 Å². The molecule has 0 radical (unpaired) electrons. The molecule has 0 saturated heterocycles. The molecule has 2 N–H and O–H groups in total. The molecule has 0 aromatic rings. The predicted molar refractivity (Wildman–Crippen MR) is 348 cm³/mol. The van der Waals surface area contributed by atoms with E-state index in [-0.39, 0.29) is 23.8 Å². The lowest BCUT2D eigenvalue weighted by molar-refractivity contribution is -0.146. The molecule has 10 nitrogen and oxygen atoms in total. The van der Waals surface area contributed by atoms with Gasteiger partial charge in [0, 0.05) is 51.9 Å². The highest BCUT2D eigenvalue weighted by Gasteiger charge is 2.15. The zero-order valence-electron chi connectivity index (χ0n) is 55.2. The number of nitrogens with one attached hydrogen (secondary N) is 2. The first-order chi connectivity index (χ1) is 39.6. The highest BCUT2D eigenvalue weighted by atomic mass is 16.5. The molecular weight excluding hydrogens is 1000 g/mol. The molecule has 0 aromatic carbocycles. The lowest BCUT2D eigenvalue weighted by atomic mass is 9.94. The Morgan fingerprint density at radius 3 is 0.815 bits per heavy atom. The first-order valence-corrected chi connectivity index (χ1v) is 35.9. The van der Waals surface area contributed by atoms with Crippen molar-refractivity contribution in [2.45, 2.75) is 355 Å². The summed E-state index contributed by atoms with van der Waals surface area (Å²) in [5, 5.41) is 6.14. The van der Waals surface area contributed by atoms with Crippen molar-refractivity contribution < 1.29 is 28.7 Å². The van der Waals surface area contributed by atoms with Crippen molar-refractivity contribution >= 4 is 23.8 Å². The Kier molecular flexibility index (Phi) is 62.1. The van der Waals surface area contributed by atoms with Crippen LogP contribution in [0, 0.1) is 11.8 Å².